The summed E-state index contributed by atoms with van der Waals surface area (Å²) in [6.45, 7) is 0.0145. The molecule has 2 amide bonds. The van der Waals surface area contributed by atoms with Crippen molar-refractivity contribution >= 4 is 17.5 Å². The van der Waals surface area contributed by atoms with Gasteiger partial charge in [-0.2, -0.15) is 13.2 Å². The lowest BCUT2D eigenvalue weighted by Crippen LogP contribution is -2.36. The molecule has 1 rings (SSSR count). The molecule has 0 aromatic heterocycles. The molecule has 0 radical (unpaired) electrons. The molecule has 0 bridgehead atoms. The van der Waals surface area contributed by atoms with E-state index >= 15 is 0 Å². The summed E-state index contributed by atoms with van der Waals surface area (Å²) in [6, 6.07) is 6.01. The van der Waals surface area contributed by atoms with E-state index in [0.29, 0.717) is 12.0 Å². The van der Waals surface area contributed by atoms with Crippen molar-refractivity contribution < 1.29 is 27.9 Å². The van der Waals surface area contributed by atoms with Gasteiger partial charge in [0.25, 0.3) is 0 Å². The number of aliphatic hydroxyl groups is 1. The molecule has 0 aliphatic carbocycles. The summed E-state index contributed by atoms with van der Waals surface area (Å²) < 4.78 is 36.8. The number of hydrogen-bond donors (Lipinski definition) is 3. The van der Waals surface area contributed by atoms with Crippen LogP contribution in [0.25, 0.3) is 0 Å². The maximum atomic E-state index is 12.3. The Balaban J connectivity index is 2.64. The number of anilines is 1. The SMILES string of the molecule is O=C(NCCCO)C(=O)Nc1ccccc1CCC(F)(F)F. The molecule has 5 nitrogen and oxygen atoms in total. The standard InChI is InChI=1S/C14H17F3N2O3/c15-14(16,17)7-6-10-4-1-2-5-11(10)19-13(22)12(21)18-8-3-9-20/h1-2,4-5,20H,3,6-9H2,(H,18,21)(H,19,22). The lowest BCUT2D eigenvalue weighted by atomic mass is 10.1. The van der Waals surface area contributed by atoms with Crippen LogP contribution in [0.4, 0.5) is 18.9 Å². The highest BCUT2D eigenvalue weighted by Crippen LogP contribution is 2.25. The molecule has 1 aromatic rings. The number of halogens is 3. The molecule has 0 spiro atoms. The quantitative estimate of drug-likeness (QED) is 0.551. The predicted octanol–water partition coefficient (Wildman–Crippen LogP) is 1.62. The van der Waals surface area contributed by atoms with Crippen molar-refractivity contribution in [3.05, 3.63) is 29.8 Å². The molecule has 0 atom stereocenters. The molecule has 0 heterocycles. The summed E-state index contributed by atoms with van der Waals surface area (Å²) in [5.41, 5.74) is 0.477. The number of aryl methyl sites for hydroxylation is 1. The van der Waals surface area contributed by atoms with E-state index in [1.54, 1.807) is 12.1 Å². The number of aliphatic hydroxyl groups excluding tert-OH is 1. The highest BCUT2D eigenvalue weighted by Gasteiger charge is 2.27. The number of hydrogen-bond acceptors (Lipinski definition) is 3. The predicted molar refractivity (Wildman–Crippen MR) is 74.2 cm³/mol. The fourth-order valence-electron chi connectivity index (χ4n) is 1.68. The van der Waals surface area contributed by atoms with E-state index < -0.39 is 24.4 Å². The van der Waals surface area contributed by atoms with Crippen LogP contribution >= 0.6 is 0 Å². The largest absolute Gasteiger partial charge is 0.396 e. The summed E-state index contributed by atoms with van der Waals surface area (Å²) in [6.07, 6.45) is -5.28. The van der Waals surface area contributed by atoms with Gasteiger partial charge in [-0.15, -0.1) is 0 Å². The highest BCUT2D eigenvalue weighted by molar-refractivity contribution is 6.39. The summed E-state index contributed by atoms with van der Waals surface area (Å²) in [4.78, 5) is 23.1. The lowest BCUT2D eigenvalue weighted by molar-refractivity contribution is -0.136. The van der Waals surface area contributed by atoms with Crippen LogP contribution in [0.5, 0.6) is 0 Å². The second-order valence-electron chi connectivity index (χ2n) is 4.56. The van der Waals surface area contributed by atoms with Crippen LogP contribution < -0.4 is 10.6 Å². The van der Waals surface area contributed by atoms with Crippen LogP contribution in [0.3, 0.4) is 0 Å². The van der Waals surface area contributed by atoms with Gasteiger partial charge in [-0.3, -0.25) is 9.59 Å². The van der Waals surface area contributed by atoms with Crippen LogP contribution in [0.2, 0.25) is 0 Å². The zero-order valence-corrected chi connectivity index (χ0v) is 11.7. The number of alkyl halides is 3. The summed E-state index contributed by atoms with van der Waals surface area (Å²) in [5, 5.41) is 13.2. The van der Waals surface area contributed by atoms with Crippen molar-refractivity contribution in [3.8, 4) is 0 Å². The van der Waals surface area contributed by atoms with Gasteiger partial charge in [0, 0.05) is 25.3 Å². The van der Waals surface area contributed by atoms with Crippen molar-refractivity contribution in [1.29, 1.82) is 0 Å². The minimum absolute atomic E-state index is 0.123. The number of amides is 2. The van der Waals surface area contributed by atoms with E-state index in [-0.39, 0.29) is 25.3 Å². The van der Waals surface area contributed by atoms with Crippen molar-refractivity contribution in [2.45, 2.75) is 25.4 Å². The second kappa shape index (κ2) is 8.38. The molecule has 1 aromatic carbocycles. The Hall–Kier alpha value is -2.09. The Morgan fingerprint density at radius 1 is 1.14 bits per heavy atom. The van der Waals surface area contributed by atoms with Gasteiger partial charge >= 0.3 is 18.0 Å². The molecule has 0 saturated heterocycles. The van der Waals surface area contributed by atoms with Crippen LogP contribution in [0.15, 0.2) is 24.3 Å². The van der Waals surface area contributed by atoms with E-state index in [1.165, 1.54) is 12.1 Å². The van der Waals surface area contributed by atoms with Gasteiger partial charge in [-0.25, -0.2) is 0 Å². The highest BCUT2D eigenvalue weighted by atomic mass is 19.4. The summed E-state index contributed by atoms with van der Waals surface area (Å²) in [5.74, 6) is -1.86. The molecule has 0 saturated carbocycles. The molecule has 0 aliphatic rings. The summed E-state index contributed by atoms with van der Waals surface area (Å²) in [7, 11) is 0. The molecule has 8 heteroatoms. The van der Waals surface area contributed by atoms with E-state index in [0.717, 1.165) is 0 Å². The molecule has 3 N–H and O–H groups in total. The van der Waals surface area contributed by atoms with Crippen LogP contribution in [0.1, 0.15) is 18.4 Å². The average Bonchev–Trinajstić information content (AvgIpc) is 2.45. The van der Waals surface area contributed by atoms with Gasteiger partial charge in [0.2, 0.25) is 0 Å². The Labute approximate surface area is 125 Å². The third kappa shape index (κ3) is 6.57. The minimum atomic E-state index is -4.29. The Kier molecular flexibility index (Phi) is 6.84. The molecular formula is C14H17F3N2O3. The fourth-order valence-corrected chi connectivity index (χ4v) is 1.68. The fraction of sp³-hybridized carbons (Fsp3) is 0.429. The number of carbonyl (C=O) groups excluding carboxylic acids is 2. The number of rotatable bonds is 6. The minimum Gasteiger partial charge on any atom is -0.396 e. The van der Waals surface area contributed by atoms with Crippen LogP contribution in [-0.2, 0) is 16.0 Å². The zero-order chi connectivity index (χ0) is 16.6. The van der Waals surface area contributed by atoms with E-state index in [4.69, 9.17) is 5.11 Å². The number of nitrogens with one attached hydrogen (secondary N) is 2. The summed E-state index contributed by atoms with van der Waals surface area (Å²) >= 11 is 0. The molecule has 22 heavy (non-hydrogen) atoms. The smallest absolute Gasteiger partial charge is 0.389 e. The van der Waals surface area contributed by atoms with Crippen molar-refractivity contribution in [3.63, 3.8) is 0 Å². The molecule has 122 valence electrons. The first-order valence-electron chi connectivity index (χ1n) is 6.68. The third-order valence-electron chi connectivity index (χ3n) is 2.77. The van der Waals surface area contributed by atoms with Crippen LogP contribution in [0, 0.1) is 0 Å². The van der Waals surface area contributed by atoms with Gasteiger partial charge in [-0.05, 0) is 24.5 Å². The first kappa shape index (κ1) is 18.0. The van der Waals surface area contributed by atoms with Crippen LogP contribution in [-0.4, -0.2) is 36.2 Å². The zero-order valence-electron chi connectivity index (χ0n) is 11.7. The van der Waals surface area contributed by atoms with Crippen molar-refractivity contribution in [2.75, 3.05) is 18.5 Å². The molecule has 0 aliphatic heterocycles. The van der Waals surface area contributed by atoms with Gasteiger partial charge in [0.05, 0.1) is 0 Å². The Morgan fingerprint density at radius 3 is 2.45 bits per heavy atom. The molecule has 0 unspecified atom stereocenters. The van der Waals surface area contributed by atoms with Crippen molar-refractivity contribution in [2.24, 2.45) is 0 Å². The molecular weight excluding hydrogens is 301 g/mol. The van der Waals surface area contributed by atoms with E-state index in [2.05, 4.69) is 10.6 Å². The Morgan fingerprint density at radius 2 is 1.82 bits per heavy atom. The first-order chi connectivity index (χ1) is 10.3. The van der Waals surface area contributed by atoms with Gasteiger partial charge in [0.15, 0.2) is 0 Å². The maximum Gasteiger partial charge on any atom is 0.389 e. The monoisotopic (exact) mass is 318 g/mol. The normalized spacial score (nSPS) is 11.1. The average molecular weight is 318 g/mol. The van der Waals surface area contributed by atoms with Gasteiger partial charge in [0.1, 0.15) is 0 Å². The maximum absolute atomic E-state index is 12.3. The first-order valence-corrected chi connectivity index (χ1v) is 6.68. The van der Waals surface area contributed by atoms with E-state index in [9.17, 15) is 22.8 Å². The lowest BCUT2D eigenvalue weighted by Gasteiger charge is -2.12. The Bertz CT molecular complexity index is 518. The third-order valence-corrected chi connectivity index (χ3v) is 2.77. The second-order valence-corrected chi connectivity index (χ2v) is 4.56. The number of carbonyl (C=O) groups is 2. The molecule has 0 fully saturated rings. The van der Waals surface area contributed by atoms with Gasteiger partial charge < -0.3 is 15.7 Å². The number of benzene rings is 1. The number of para-hydroxylation sites is 1. The van der Waals surface area contributed by atoms with Crippen molar-refractivity contribution in [1.82, 2.24) is 5.32 Å². The van der Waals surface area contributed by atoms with Gasteiger partial charge in [-0.1, -0.05) is 18.2 Å². The van der Waals surface area contributed by atoms with E-state index in [1.807, 2.05) is 0 Å². The topological polar surface area (TPSA) is 78.4 Å².